The Morgan fingerprint density at radius 2 is 2.14 bits per heavy atom. The van der Waals surface area contributed by atoms with Crippen molar-refractivity contribution in [1.29, 1.82) is 0 Å². The number of hydrogen-bond donors (Lipinski definition) is 2. The summed E-state index contributed by atoms with van der Waals surface area (Å²) in [4.78, 5) is 15.4. The second-order valence-electron chi connectivity index (χ2n) is 4.49. The standard InChI is InChI=1S/C14H14N6O/c15-13(21)10-4-3-7-16-14(10)17-8-6-12-19-18-11-5-1-2-9-20(11)12/h1-5,7,9H,6,8H2,(H2,15,21)(H,16,17). The average molecular weight is 282 g/mol. The highest BCUT2D eigenvalue weighted by Crippen LogP contribution is 2.10. The van der Waals surface area contributed by atoms with E-state index in [1.54, 1.807) is 18.3 Å². The summed E-state index contributed by atoms with van der Waals surface area (Å²) in [5.74, 6) is 0.826. The van der Waals surface area contributed by atoms with Crippen molar-refractivity contribution in [3.63, 3.8) is 0 Å². The van der Waals surface area contributed by atoms with E-state index in [-0.39, 0.29) is 0 Å². The van der Waals surface area contributed by atoms with Gasteiger partial charge in [0.2, 0.25) is 0 Å². The van der Waals surface area contributed by atoms with Crippen LogP contribution in [0.5, 0.6) is 0 Å². The fourth-order valence-electron chi connectivity index (χ4n) is 2.10. The number of nitrogens with zero attached hydrogens (tertiary/aromatic N) is 4. The minimum Gasteiger partial charge on any atom is -0.369 e. The molecule has 3 N–H and O–H groups in total. The predicted molar refractivity (Wildman–Crippen MR) is 77.9 cm³/mol. The molecule has 3 heterocycles. The van der Waals surface area contributed by atoms with Gasteiger partial charge >= 0.3 is 0 Å². The lowest BCUT2D eigenvalue weighted by atomic mass is 10.2. The molecule has 21 heavy (non-hydrogen) atoms. The normalized spacial score (nSPS) is 10.7. The summed E-state index contributed by atoms with van der Waals surface area (Å²) in [5.41, 5.74) is 6.50. The lowest BCUT2D eigenvalue weighted by molar-refractivity contribution is 0.100. The molecule has 0 aromatic carbocycles. The van der Waals surface area contributed by atoms with Crippen LogP contribution in [-0.4, -0.2) is 32.0 Å². The Morgan fingerprint density at radius 3 is 3.00 bits per heavy atom. The van der Waals surface area contributed by atoms with E-state index in [0.29, 0.717) is 24.3 Å². The number of hydrogen-bond acceptors (Lipinski definition) is 5. The number of rotatable bonds is 5. The van der Waals surface area contributed by atoms with E-state index in [9.17, 15) is 4.79 Å². The Bertz CT molecular complexity index is 782. The zero-order valence-corrected chi connectivity index (χ0v) is 11.2. The summed E-state index contributed by atoms with van der Waals surface area (Å²) < 4.78 is 1.93. The van der Waals surface area contributed by atoms with Crippen molar-refractivity contribution in [2.24, 2.45) is 5.73 Å². The van der Waals surface area contributed by atoms with Crippen LogP contribution in [0.2, 0.25) is 0 Å². The maximum absolute atomic E-state index is 11.3. The molecule has 7 heteroatoms. The first-order valence-electron chi connectivity index (χ1n) is 6.53. The lowest BCUT2D eigenvalue weighted by Crippen LogP contribution is -2.17. The van der Waals surface area contributed by atoms with Gasteiger partial charge in [0, 0.05) is 25.4 Å². The summed E-state index contributed by atoms with van der Waals surface area (Å²) in [6.45, 7) is 0.576. The molecule has 7 nitrogen and oxygen atoms in total. The van der Waals surface area contributed by atoms with Gasteiger partial charge in [0.05, 0.1) is 5.56 Å². The second kappa shape index (κ2) is 5.58. The van der Waals surface area contributed by atoms with E-state index in [1.165, 1.54) is 0 Å². The number of nitrogens with one attached hydrogen (secondary N) is 1. The molecule has 3 aromatic rings. The Kier molecular flexibility index (Phi) is 3.46. The zero-order valence-electron chi connectivity index (χ0n) is 11.2. The number of carbonyl (C=O) groups excluding carboxylic acids is 1. The van der Waals surface area contributed by atoms with Crippen molar-refractivity contribution < 1.29 is 4.79 Å². The van der Waals surface area contributed by atoms with Gasteiger partial charge in [-0.2, -0.15) is 0 Å². The topological polar surface area (TPSA) is 98.2 Å². The van der Waals surface area contributed by atoms with Gasteiger partial charge in [0.25, 0.3) is 5.91 Å². The third kappa shape index (κ3) is 2.66. The molecular weight excluding hydrogens is 268 g/mol. The number of primary amides is 1. The van der Waals surface area contributed by atoms with Gasteiger partial charge in [-0.15, -0.1) is 10.2 Å². The molecular formula is C14H14N6O. The number of pyridine rings is 2. The van der Waals surface area contributed by atoms with E-state index in [2.05, 4.69) is 20.5 Å². The SMILES string of the molecule is NC(=O)c1cccnc1NCCc1nnc2ccccn12. The Hall–Kier alpha value is -2.96. The van der Waals surface area contributed by atoms with Crippen molar-refractivity contribution in [2.75, 3.05) is 11.9 Å². The van der Waals surface area contributed by atoms with Crippen LogP contribution in [0.1, 0.15) is 16.2 Å². The molecule has 3 rings (SSSR count). The van der Waals surface area contributed by atoms with Crippen molar-refractivity contribution >= 4 is 17.4 Å². The highest BCUT2D eigenvalue weighted by atomic mass is 16.1. The molecule has 0 bridgehead atoms. The fraction of sp³-hybridized carbons (Fsp3) is 0.143. The summed E-state index contributed by atoms with van der Waals surface area (Å²) in [5, 5.41) is 11.3. The fourth-order valence-corrected chi connectivity index (χ4v) is 2.10. The first-order valence-corrected chi connectivity index (χ1v) is 6.53. The number of nitrogens with two attached hydrogens (primary N) is 1. The molecule has 3 aromatic heterocycles. The van der Waals surface area contributed by atoms with Gasteiger partial charge in [-0.25, -0.2) is 4.98 Å². The Morgan fingerprint density at radius 1 is 1.24 bits per heavy atom. The first-order chi connectivity index (χ1) is 10.3. The number of carbonyl (C=O) groups is 1. The average Bonchev–Trinajstić information content (AvgIpc) is 2.91. The van der Waals surface area contributed by atoms with Gasteiger partial charge in [-0.1, -0.05) is 6.07 Å². The van der Waals surface area contributed by atoms with Crippen LogP contribution in [0.25, 0.3) is 5.65 Å². The van der Waals surface area contributed by atoms with Gasteiger partial charge in [-0.05, 0) is 24.3 Å². The van der Waals surface area contributed by atoms with Gasteiger partial charge in [0.15, 0.2) is 5.65 Å². The van der Waals surface area contributed by atoms with Crippen molar-refractivity contribution in [2.45, 2.75) is 6.42 Å². The third-order valence-corrected chi connectivity index (χ3v) is 3.10. The van der Waals surface area contributed by atoms with Crippen LogP contribution in [0.15, 0.2) is 42.7 Å². The molecule has 0 saturated carbocycles. The molecule has 0 unspecified atom stereocenters. The number of fused-ring (bicyclic) bond motifs is 1. The molecule has 1 amide bonds. The molecule has 0 fully saturated rings. The Balaban J connectivity index is 1.71. The van der Waals surface area contributed by atoms with E-state index in [0.717, 1.165) is 11.5 Å². The molecule has 0 aliphatic carbocycles. The molecule has 0 saturated heterocycles. The molecule has 0 aliphatic heterocycles. The number of aromatic nitrogens is 4. The zero-order chi connectivity index (χ0) is 14.7. The smallest absolute Gasteiger partial charge is 0.252 e. The first kappa shape index (κ1) is 13.0. The van der Waals surface area contributed by atoms with Crippen LogP contribution in [0, 0.1) is 0 Å². The van der Waals surface area contributed by atoms with Crippen molar-refractivity contribution in [1.82, 2.24) is 19.6 Å². The number of anilines is 1. The quantitative estimate of drug-likeness (QED) is 0.723. The maximum atomic E-state index is 11.3. The highest BCUT2D eigenvalue weighted by Gasteiger charge is 2.09. The molecule has 0 aliphatic rings. The minimum absolute atomic E-state index is 0.378. The van der Waals surface area contributed by atoms with Crippen LogP contribution >= 0.6 is 0 Å². The summed E-state index contributed by atoms with van der Waals surface area (Å²) >= 11 is 0. The molecule has 0 atom stereocenters. The third-order valence-electron chi connectivity index (χ3n) is 3.10. The minimum atomic E-state index is -0.501. The van der Waals surface area contributed by atoms with Crippen LogP contribution in [0.3, 0.4) is 0 Å². The Labute approximate surface area is 120 Å². The van der Waals surface area contributed by atoms with Gasteiger partial charge in [-0.3, -0.25) is 9.20 Å². The number of amides is 1. The van der Waals surface area contributed by atoms with E-state index in [1.807, 2.05) is 28.8 Å². The lowest BCUT2D eigenvalue weighted by Gasteiger charge is -2.07. The monoisotopic (exact) mass is 282 g/mol. The van der Waals surface area contributed by atoms with Crippen LogP contribution < -0.4 is 11.1 Å². The van der Waals surface area contributed by atoms with Crippen LogP contribution in [0.4, 0.5) is 5.82 Å². The predicted octanol–water partition coefficient (Wildman–Crippen LogP) is 0.878. The van der Waals surface area contributed by atoms with E-state index < -0.39 is 5.91 Å². The van der Waals surface area contributed by atoms with Gasteiger partial charge < -0.3 is 11.1 Å². The van der Waals surface area contributed by atoms with E-state index in [4.69, 9.17) is 5.73 Å². The van der Waals surface area contributed by atoms with Crippen molar-refractivity contribution in [3.05, 3.63) is 54.1 Å². The second-order valence-corrected chi connectivity index (χ2v) is 4.49. The molecule has 106 valence electrons. The summed E-state index contributed by atoms with van der Waals surface area (Å²) in [6, 6.07) is 9.06. The molecule has 0 spiro atoms. The maximum Gasteiger partial charge on any atom is 0.252 e. The highest BCUT2D eigenvalue weighted by molar-refractivity contribution is 5.97. The largest absolute Gasteiger partial charge is 0.369 e. The van der Waals surface area contributed by atoms with Crippen molar-refractivity contribution in [3.8, 4) is 0 Å². The van der Waals surface area contributed by atoms with Crippen LogP contribution in [-0.2, 0) is 6.42 Å². The van der Waals surface area contributed by atoms with E-state index >= 15 is 0 Å². The summed E-state index contributed by atoms with van der Waals surface area (Å²) in [6.07, 6.45) is 4.18. The molecule has 0 radical (unpaired) electrons. The van der Waals surface area contributed by atoms with Gasteiger partial charge in [0.1, 0.15) is 11.6 Å². The summed E-state index contributed by atoms with van der Waals surface area (Å²) in [7, 11) is 0.